The smallest absolute Gasteiger partial charge is 0.339 e. The summed E-state index contributed by atoms with van der Waals surface area (Å²) in [5.74, 6) is -0.477. The van der Waals surface area contributed by atoms with Gasteiger partial charge in [0.05, 0.1) is 22.5 Å². The number of nitrogens with zero attached hydrogens (tertiary/aromatic N) is 3. The summed E-state index contributed by atoms with van der Waals surface area (Å²) in [7, 11) is 0. The van der Waals surface area contributed by atoms with E-state index in [9.17, 15) is 9.59 Å². The van der Waals surface area contributed by atoms with E-state index >= 15 is 0 Å². The van der Waals surface area contributed by atoms with Gasteiger partial charge in [-0.25, -0.2) is 9.78 Å². The molecule has 7 heteroatoms. The number of thiazole rings is 1. The first-order valence-electron chi connectivity index (χ1n) is 11.3. The molecule has 34 heavy (non-hydrogen) atoms. The second-order valence-electron chi connectivity index (χ2n) is 8.55. The van der Waals surface area contributed by atoms with Crippen LogP contribution in [0.2, 0.25) is 0 Å². The number of fused-ring (bicyclic) bond motifs is 2. The van der Waals surface area contributed by atoms with Crippen molar-refractivity contribution in [2.45, 2.75) is 46.6 Å². The predicted molar refractivity (Wildman–Crippen MR) is 134 cm³/mol. The Morgan fingerprint density at radius 1 is 1.06 bits per heavy atom. The number of carbonyl (C=O) groups is 2. The third kappa shape index (κ3) is 3.96. The number of hydrogen-bond donors (Lipinski definition) is 0. The molecule has 2 aromatic heterocycles. The Kier molecular flexibility index (Phi) is 5.87. The molecule has 0 saturated carbocycles. The summed E-state index contributed by atoms with van der Waals surface area (Å²) in [5, 5.41) is 3.21. The molecule has 0 radical (unpaired) electrons. The van der Waals surface area contributed by atoms with E-state index in [1.54, 1.807) is 4.90 Å². The maximum absolute atomic E-state index is 13.2. The molecule has 0 N–H and O–H groups in total. The summed E-state index contributed by atoms with van der Waals surface area (Å²) in [6.07, 6.45) is 2.71. The van der Waals surface area contributed by atoms with Gasteiger partial charge >= 0.3 is 5.97 Å². The molecule has 0 aliphatic heterocycles. The SMILES string of the molecule is CC(=O)N(c1nc(COC(=O)c2c3c(nc4ccccc24)CCC3)cs1)c1cccc(C)c1C. The number of hydrogen-bond acceptors (Lipinski definition) is 6. The maximum Gasteiger partial charge on any atom is 0.339 e. The van der Waals surface area contributed by atoms with Crippen molar-refractivity contribution in [2.24, 2.45) is 0 Å². The zero-order valence-corrected chi connectivity index (χ0v) is 20.2. The van der Waals surface area contributed by atoms with Gasteiger partial charge in [-0.3, -0.25) is 14.7 Å². The molecule has 2 aromatic carbocycles. The van der Waals surface area contributed by atoms with Crippen molar-refractivity contribution in [3.05, 3.63) is 81.5 Å². The molecule has 0 saturated heterocycles. The van der Waals surface area contributed by atoms with Crippen molar-refractivity contribution in [3.8, 4) is 0 Å². The van der Waals surface area contributed by atoms with Gasteiger partial charge in [0.2, 0.25) is 5.91 Å². The van der Waals surface area contributed by atoms with Gasteiger partial charge in [0, 0.05) is 23.4 Å². The molecule has 1 aliphatic rings. The zero-order valence-electron chi connectivity index (χ0n) is 19.4. The molecule has 0 bridgehead atoms. The van der Waals surface area contributed by atoms with E-state index in [-0.39, 0.29) is 18.5 Å². The Morgan fingerprint density at radius 3 is 2.71 bits per heavy atom. The van der Waals surface area contributed by atoms with Crippen molar-refractivity contribution in [2.75, 3.05) is 4.90 Å². The number of esters is 1. The number of aryl methyl sites for hydroxylation is 2. The second kappa shape index (κ2) is 8.99. The average Bonchev–Trinajstić information content (AvgIpc) is 3.48. The third-order valence-electron chi connectivity index (χ3n) is 6.34. The van der Waals surface area contributed by atoms with Crippen LogP contribution >= 0.6 is 11.3 Å². The summed E-state index contributed by atoms with van der Waals surface area (Å²) in [6.45, 7) is 5.58. The Hall–Kier alpha value is -3.58. The molecule has 2 heterocycles. The number of aromatic nitrogens is 2. The molecular formula is C27H25N3O3S. The topological polar surface area (TPSA) is 72.4 Å². The van der Waals surface area contributed by atoms with Gasteiger partial charge in [-0.2, -0.15) is 0 Å². The van der Waals surface area contributed by atoms with Crippen LogP contribution in [0.1, 0.15) is 51.8 Å². The Morgan fingerprint density at radius 2 is 1.88 bits per heavy atom. The molecular weight excluding hydrogens is 446 g/mol. The Labute approximate surface area is 202 Å². The summed E-state index contributed by atoms with van der Waals surface area (Å²) >= 11 is 1.36. The molecule has 4 aromatic rings. The standard InChI is InChI=1S/C27H25N3O3S/c1-16-8-6-13-24(17(16)2)30(18(3)31)27-28-19(15-34-27)14-33-26(32)25-20-9-4-5-11-22(20)29-23-12-7-10-21(23)25/h4-6,8-9,11,13,15H,7,10,12,14H2,1-3H3. The van der Waals surface area contributed by atoms with Crippen molar-refractivity contribution in [3.63, 3.8) is 0 Å². The highest BCUT2D eigenvalue weighted by atomic mass is 32.1. The van der Waals surface area contributed by atoms with E-state index in [0.29, 0.717) is 16.4 Å². The number of rotatable bonds is 5. The van der Waals surface area contributed by atoms with Crippen LogP contribution in [-0.4, -0.2) is 21.8 Å². The minimum atomic E-state index is -0.357. The van der Waals surface area contributed by atoms with Crippen LogP contribution in [0.25, 0.3) is 10.9 Å². The number of benzene rings is 2. The normalized spacial score (nSPS) is 12.6. The Bertz CT molecular complexity index is 1430. The van der Waals surface area contributed by atoms with Crippen LogP contribution in [0.3, 0.4) is 0 Å². The van der Waals surface area contributed by atoms with Gasteiger partial charge in [-0.1, -0.05) is 30.3 Å². The predicted octanol–water partition coefficient (Wildman–Crippen LogP) is 5.84. The average molecular weight is 472 g/mol. The van der Waals surface area contributed by atoms with Crippen LogP contribution in [-0.2, 0) is 29.0 Å². The second-order valence-corrected chi connectivity index (χ2v) is 9.39. The molecule has 0 spiro atoms. The van der Waals surface area contributed by atoms with E-state index in [2.05, 4.69) is 4.98 Å². The molecule has 0 atom stereocenters. The van der Waals surface area contributed by atoms with Crippen molar-refractivity contribution in [1.82, 2.24) is 9.97 Å². The van der Waals surface area contributed by atoms with Gasteiger partial charge in [0.1, 0.15) is 6.61 Å². The van der Waals surface area contributed by atoms with Crippen LogP contribution in [0.5, 0.6) is 0 Å². The number of carbonyl (C=O) groups excluding carboxylic acids is 2. The lowest BCUT2D eigenvalue weighted by Crippen LogP contribution is -2.23. The van der Waals surface area contributed by atoms with Gasteiger partial charge in [0.25, 0.3) is 0 Å². The van der Waals surface area contributed by atoms with Crippen LogP contribution in [0.15, 0.2) is 47.8 Å². The summed E-state index contributed by atoms with van der Waals surface area (Å²) < 4.78 is 5.72. The lowest BCUT2D eigenvalue weighted by molar-refractivity contribution is -0.115. The van der Waals surface area contributed by atoms with Crippen molar-refractivity contribution >= 4 is 44.9 Å². The highest BCUT2D eigenvalue weighted by Gasteiger charge is 2.25. The monoisotopic (exact) mass is 471 g/mol. The third-order valence-corrected chi connectivity index (χ3v) is 7.21. The van der Waals surface area contributed by atoms with Gasteiger partial charge < -0.3 is 4.74 Å². The van der Waals surface area contributed by atoms with Crippen molar-refractivity contribution in [1.29, 1.82) is 0 Å². The largest absolute Gasteiger partial charge is 0.456 e. The van der Waals surface area contributed by atoms with Gasteiger partial charge in [-0.15, -0.1) is 11.3 Å². The van der Waals surface area contributed by atoms with Gasteiger partial charge in [-0.05, 0) is 61.9 Å². The fraction of sp³-hybridized carbons (Fsp3) is 0.259. The van der Waals surface area contributed by atoms with Gasteiger partial charge in [0.15, 0.2) is 5.13 Å². The molecule has 172 valence electrons. The molecule has 1 amide bonds. The summed E-state index contributed by atoms with van der Waals surface area (Å²) in [6, 6.07) is 13.6. The lowest BCUT2D eigenvalue weighted by atomic mass is 10.0. The minimum absolute atomic E-state index is 0.0410. The minimum Gasteiger partial charge on any atom is -0.456 e. The summed E-state index contributed by atoms with van der Waals surface area (Å²) in [4.78, 5) is 36.7. The highest BCUT2D eigenvalue weighted by Crippen LogP contribution is 2.33. The van der Waals surface area contributed by atoms with E-state index in [1.165, 1.54) is 18.3 Å². The number of pyridine rings is 1. The number of amides is 1. The molecule has 1 aliphatic carbocycles. The van der Waals surface area contributed by atoms with E-state index in [0.717, 1.165) is 58.2 Å². The quantitative estimate of drug-likeness (QED) is 0.342. The first-order valence-corrected chi connectivity index (χ1v) is 12.2. The van der Waals surface area contributed by atoms with E-state index < -0.39 is 0 Å². The summed E-state index contributed by atoms with van der Waals surface area (Å²) in [5.41, 5.74) is 6.98. The molecule has 0 fully saturated rings. The first kappa shape index (κ1) is 22.2. The Balaban J connectivity index is 1.40. The number of para-hydroxylation sites is 1. The fourth-order valence-electron chi connectivity index (χ4n) is 4.51. The maximum atomic E-state index is 13.2. The lowest BCUT2D eigenvalue weighted by Gasteiger charge is -2.21. The molecule has 0 unspecified atom stereocenters. The molecule has 6 nitrogen and oxygen atoms in total. The zero-order chi connectivity index (χ0) is 23.8. The fourth-order valence-corrected chi connectivity index (χ4v) is 5.37. The van der Waals surface area contributed by atoms with E-state index in [1.807, 2.05) is 61.7 Å². The van der Waals surface area contributed by atoms with Crippen LogP contribution in [0.4, 0.5) is 10.8 Å². The van der Waals surface area contributed by atoms with Crippen molar-refractivity contribution < 1.29 is 14.3 Å². The first-order chi connectivity index (χ1) is 16.4. The van der Waals surface area contributed by atoms with Crippen LogP contribution in [0, 0.1) is 13.8 Å². The highest BCUT2D eigenvalue weighted by molar-refractivity contribution is 7.14. The number of anilines is 2. The number of ether oxygens (including phenoxy) is 1. The molecule has 5 rings (SSSR count). The van der Waals surface area contributed by atoms with E-state index in [4.69, 9.17) is 9.72 Å². The van der Waals surface area contributed by atoms with Crippen LogP contribution < -0.4 is 4.90 Å².